The summed E-state index contributed by atoms with van der Waals surface area (Å²) in [6.07, 6.45) is 7.15. The van der Waals surface area contributed by atoms with Crippen LogP contribution >= 0.6 is 0 Å². The molecule has 0 saturated carbocycles. The molecular formula is C23H28N8O3S. The third-order valence-electron chi connectivity index (χ3n) is 7.16. The molecule has 0 amide bonds. The first-order valence-corrected chi connectivity index (χ1v) is 13.7. The first-order chi connectivity index (χ1) is 16.9. The van der Waals surface area contributed by atoms with Gasteiger partial charge in [-0.25, -0.2) is 18.4 Å². The Kier molecular flexibility index (Phi) is 5.28. The van der Waals surface area contributed by atoms with Crippen LogP contribution in [0.2, 0.25) is 0 Å². The summed E-state index contributed by atoms with van der Waals surface area (Å²) in [5, 5.41) is 10.1. The van der Waals surface area contributed by atoms with Crippen LogP contribution in [0, 0.1) is 0 Å². The third kappa shape index (κ3) is 3.95. The van der Waals surface area contributed by atoms with Crippen molar-refractivity contribution in [2.24, 2.45) is 0 Å². The lowest BCUT2D eigenvalue weighted by molar-refractivity contribution is 0.413. The van der Waals surface area contributed by atoms with Crippen LogP contribution in [0.1, 0.15) is 43.5 Å². The van der Waals surface area contributed by atoms with Crippen LogP contribution in [0.3, 0.4) is 0 Å². The lowest BCUT2D eigenvalue weighted by atomic mass is 9.97. The molecule has 0 aliphatic carbocycles. The quantitative estimate of drug-likeness (QED) is 0.451. The van der Waals surface area contributed by atoms with E-state index in [4.69, 9.17) is 20.6 Å². The van der Waals surface area contributed by atoms with Crippen LogP contribution in [0.5, 0.6) is 5.75 Å². The number of hydrogen-bond acceptors (Lipinski definition) is 9. The summed E-state index contributed by atoms with van der Waals surface area (Å²) in [6, 6.07) is 5.85. The molecule has 1 aromatic carbocycles. The van der Waals surface area contributed by atoms with E-state index in [1.165, 1.54) is 0 Å². The molecule has 5 heterocycles. The Morgan fingerprint density at radius 1 is 1.14 bits per heavy atom. The fourth-order valence-electron chi connectivity index (χ4n) is 5.24. The van der Waals surface area contributed by atoms with Crippen molar-refractivity contribution >= 4 is 38.0 Å². The second-order valence-electron chi connectivity index (χ2n) is 9.38. The summed E-state index contributed by atoms with van der Waals surface area (Å²) >= 11 is 0. The normalized spacial score (nSPS) is 21.1. The van der Waals surface area contributed by atoms with Crippen molar-refractivity contribution < 1.29 is 13.2 Å². The van der Waals surface area contributed by atoms with Gasteiger partial charge >= 0.3 is 0 Å². The van der Waals surface area contributed by atoms with Crippen molar-refractivity contribution in [3.05, 3.63) is 36.4 Å². The Bertz CT molecular complexity index is 1500. The van der Waals surface area contributed by atoms with Crippen LogP contribution in [0.15, 0.2) is 30.6 Å². The molecule has 2 fully saturated rings. The molecule has 6 rings (SSSR count). The van der Waals surface area contributed by atoms with Gasteiger partial charge in [0.2, 0.25) is 5.95 Å². The number of fused-ring (bicyclic) bond motifs is 3. The number of nitrogens with zero attached hydrogens (tertiary/aromatic N) is 7. The van der Waals surface area contributed by atoms with E-state index in [-0.39, 0.29) is 29.4 Å². The van der Waals surface area contributed by atoms with Gasteiger partial charge in [-0.3, -0.25) is 4.68 Å². The summed E-state index contributed by atoms with van der Waals surface area (Å²) in [5.74, 6) is 2.29. The summed E-state index contributed by atoms with van der Waals surface area (Å²) in [6.45, 7) is 1.70. The van der Waals surface area contributed by atoms with Gasteiger partial charge in [-0.2, -0.15) is 9.61 Å². The molecule has 3 aromatic heterocycles. The summed E-state index contributed by atoms with van der Waals surface area (Å²) in [5.41, 5.74) is 8.63. The van der Waals surface area contributed by atoms with Crippen molar-refractivity contribution in [1.29, 1.82) is 0 Å². The van der Waals surface area contributed by atoms with E-state index >= 15 is 0 Å². The van der Waals surface area contributed by atoms with Crippen molar-refractivity contribution in [3.63, 3.8) is 0 Å². The van der Waals surface area contributed by atoms with Gasteiger partial charge in [0.05, 0.1) is 36.5 Å². The zero-order chi connectivity index (χ0) is 24.2. The molecular weight excluding hydrogens is 468 g/mol. The fraction of sp³-hybridized carbons (Fsp3) is 0.478. The van der Waals surface area contributed by atoms with Crippen LogP contribution in [-0.2, 0) is 9.84 Å². The minimum Gasteiger partial charge on any atom is -0.494 e. The van der Waals surface area contributed by atoms with E-state index in [0.29, 0.717) is 29.8 Å². The van der Waals surface area contributed by atoms with Crippen molar-refractivity contribution in [1.82, 2.24) is 29.4 Å². The maximum Gasteiger partial charge on any atom is 0.223 e. The zero-order valence-corrected chi connectivity index (χ0v) is 20.4. The molecule has 11 nitrogen and oxygen atoms in total. The first-order valence-electron chi connectivity index (χ1n) is 11.9. The van der Waals surface area contributed by atoms with Crippen molar-refractivity contribution in [3.8, 4) is 5.75 Å². The number of rotatable bonds is 4. The molecule has 0 spiro atoms. The number of sulfone groups is 1. The number of methoxy groups -OCH3 is 1. The zero-order valence-electron chi connectivity index (χ0n) is 19.5. The second-order valence-corrected chi connectivity index (χ2v) is 11.7. The highest BCUT2D eigenvalue weighted by atomic mass is 32.2. The maximum atomic E-state index is 11.8. The Labute approximate surface area is 202 Å². The van der Waals surface area contributed by atoms with E-state index in [1.54, 1.807) is 11.6 Å². The van der Waals surface area contributed by atoms with Gasteiger partial charge in [0, 0.05) is 30.6 Å². The minimum absolute atomic E-state index is 0.133. The average Bonchev–Trinajstić information content (AvgIpc) is 3.53. The first kappa shape index (κ1) is 22.1. The van der Waals surface area contributed by atoms with Gasteiger partial charge in [-0.1, -0.05) is 6.07 Å². The average molecular weight is 497 g/mol. The van der Waals surface area contributed by atoms with E-state index in [2.05, 4.69) is 15.0 Å². The molecule has 0 unspecified atom stereocenters. The Balaban J connectivity index is 1.26. The van der Waals surface area contributed by atoms with E-state index in [1.807, 2.05) is 35.3 Å². The van der Waals surface area contributed by atoms with E-state index < -0.39 is 9.84 Å². The molecule has 2 aliphatic rings. The smallest absolute Gasteiger partial charge is 0.223 e. The molecule has 4 aromatic rings. The number of anilines is 2. The number of ether oxygens (including phenoxy) is 1. The Morgan fingerprint density at radius 2 is 1.97 bits per heavy atom. The van der Waals surface area contributed by atoms with Gasteiger partial charge in [0.1, 0.15) is 21.1 Å². The molecule has 0 radical (unpaired) electrons. The molecule has 1 atom stereocenters. The van der Waals surface area contributed by atoms with Crippen LogP contribution in [0.25, 0.3) is 16.6 Å². The monoisotopic (exact) mass is 496 g/mol. The number of nitrogen functional groups attached to an aromatic ring is 1. The second kappa shape index (κ2) is 8.36. The minimum atomic E-state index is -2.90. The number of hydrogen-bond donors (Lipinski definition) is 1. The van der Waals surface area contributed by atoms with Crippen LogP contribution in [-0.4, -0.2) is 69.5 Å². The molecule has 2 aliphatic heterocycles. The van der Waals surface area contributed by atoms with Gasteiger partial charge in [-0.15, -0.1) is 5.10 Å². The van der Waals surface area contributed by atoms with Gasteiger partial charge in [0.25, 0.3) is 0 Å². The Hall–Kier alpha value is -3.41. The van der Waals surface area contributed by atoms with E-state index in [0.717, 1.165) is 42.8 Å². The van der Waals surface area contributed by atoms with Gasteiger partial charge in [-0.05, 0) is 37.8 Å². The van der Waals surface area contributed by atoms with Gasteiger partial charge in [0.15, 0.2) is 11.5 Å². The molecule has 2 saturated heterocycles. The highest BCUT2D eigenvalue weighted by Crippen LogP contribution is 2.32. The predicted molar refractivity (Wildman–Crippen MR) is 133 cm³/mol. The van der Waals surface area contributed by atoms with Crippen molar-refractivity contribution in [2.75, 3.05) is 42.3 Å². The Morgan fingerprint density at radius 3 is 2.77 bits per heavy atom. The highest BCUT2D eigenvalue weighted by molar-refractivity contribution is 7.91. The van der Waals surface area contributed by atoms with Crippen LogP contribution in [0.4, 0.5) is 11.6 Å². The van der Waals surface area contributed by atoms with Gasteiger partial charge < -0.3 is 15.4 Å². The van der Waals surface area contributed by atoms with Crippen LogP contribution < -0.4 is 15.4 Å². The number of piperidine rings is 1. The topological polar surface area (TPSA) is 134 Å². The standard InChI is InChI=1S/C23H28N8O3S/c1-34-19-6-2-5-18-20(19)26-23(24)31-22(18)27-21(28-31)15-4-3-9-29(13-15)17-12-25-30(14-17)16-7-10-35(32,33)11-8-16/h2,5-6,12,14-16H,3-4,7-11,13H2,1H3,(H2,24,26)/t15-/m1/s1. The maximum absolute atomic E-state index is 11.8. The molecule has 2 N–H and O–H groups in total. The van der Waals surface area contributed by atoms with E-state index in [9.17, 15) is 8.42 Å². The molecule has 12 heteroatoms. The fourth-order valence-corrected chi connectivity index (χ4v) is 6.70. The number of benzene rings is 1. The number of para-hydroxylation sites is 1. The predicted octanol–water partition coefficient (Wildman–Crippen LogP) is 2.20. The lowest BCUT2D eigenvalue weighted by Gasteiger charge is -2.32. The molecule has 184 valence electrons. The lowest BCUT2D eigenvalue weighted by Crippen LogP contribution is -2.34. The summed E-state index contributed by atoms with van der Waals surface area (Å²) in [7, 11) is -1.28. The number of aromatic nitrogens is 6. The SMILES string of the molecule is COc1cccc2c1nc(N)n1nc([C@@H]3CCCN(c4cnn(C5CCS(=O)(=O)CC5)c4)C3)nc21. The summed E-state index contributed by atoms with van der Waals surface area (Å²) in [4.78, 5) is 11.7. The number of nitrogens with two attached hydrogens (primary N) is 1. The van der Waals surface area contributed by atoms with Crippen molar-refractivity contribution in [2.45, 2.75) is 37.6 Å². The molecule has 0 bridgehead atoms. The molecule has 35 heavy (non-hydrogen) atoms. The summed E-state index contributed by atoms with van der Waals surface area (Å²) < 4.78 is 32.5. The largest absolute Gasteiger partial charge is 0.494 e. The highest BCUT2D eigenvalue weighted by Gasteiger charge is 2.29. The third-order valence-corrected chi connectivity index (χ3v) is 8.88.